The van der Waals surface area contributed by atoms with Gasteiger partial charge < -0.3 is 10.1 Å². The van der Waals surface area contributed by atoms with Gasteiger partial charge in [-0.2, -0.15) is 4.31 Å². The first-order valence-electron chi connectivity index (χ1n) is 6.96. The van der Waals surface area contributed by atoms with E-state index >= 15 is 0 Å². The molecule has 118 valence electrons. The third kappa shape index (κ3) is 3.97. The Bertz CT molecular complexity index is 590. The molecule has 1 unspecified atom stereocenters. The summed E-state index contributed by atoms with van der Waals surface area (Å²) in [5.74, 6) is 0.902. The molecule has 0 aliphatic carbocycles. The first-order chi connectivity index (χ1) is 9.97. The minimum absolute atomic E-state index is 0.277. The molecule has 21 heavy (non-hydrogen) atoms. The molecular formula is C14H21BrN2O3S. The summed E-state index contributed by atoms with van der Waals surface area (Å²) in [7, 11) is -0.0476. The smallest absolute Gasteiger partial charge is 0.243 e. The highest BCUT2D eigenvalue weighted by Crippen LogP contribution is 2.28. The highest BCUT2D eigenvalue weighted by atomic mass is 79.9. The zero-order valence-electron chi connectivity index (χ0n) is 12.3. The molecule has 1 heterocycles. The summed E-state index contributed by atoms with van der Waals surface area (Å²) >= 11 is 3.33. The molecule has 1 N–H and O–H groups in total. The molecule has 0 amide bonds. The van der Waals surface area contributed by atoms with Crippen LogP contribution in [0, 0.1) is 5.92 Å². The lowest BCUT2D eigenvalue weighted by atomic mass is 10.00. The first kappa shape index (κ1) is 16.7. The number of hydrogen-bond donors (Lipinski definition) is 1. The van der Waals surface area contributed by atoms with E-state index in [2.05, 4.69) is 21.2 Å². The fourth-order valence-electron chi connectivity index (χ4n) is 2.65. The molecule has 1 aromatic rings. The Hall–Kier alpha value is -0.630. The Kier molecular flexibility index (Phi) is 5.65. The van der Waals surface area contributed by atoms with Gasteiger partial charge in [-0.15, -0.1) is 0 Å². The number of benzene rings is 1. The highest BCUT2D eigenvalue weighted by molar-refractivity contribution is 9.10. The fraction of sp³-hybridized carbons (Fsp3) is 0.571. The van der Waals surface area contributed by atoms with Crippen LogP contribution in [0.1, 0.15) is 12.8 Å². The first-order valence-corrected chi connectivity index (χ1v) is 9.20. The van der Waals surface area contributed by atoms with Crippen molar-refractivity contribution in [1.29, 1.82) is 0 Å². The summed E-state index contributed by atoms with van der Waals surface area (Å²) in [6.07, 6.45) is 1.96. The normalized spacial score (nSPS) is 20.4. The Balaban J connectivity index is 2.26. The molecule has 1 fully saturated rings. The maximum Gasteiger partial charge on any atom is 0.243 e. The van der Waals surface area contributed by atoms with Crippen LogP contribution in [-0.4, -0.2) is 46.5 Å². The van der Waals surface area contributed by atoms with Crippen molar-refractivity contribution in [2.75, 3.05) is 33.8 Å². The molecule has 5 nitrogen and oxygen atoms in total. The average Bonchev–Trinajstić information content (AvgIpc) is 2.47. The predicted molar refractivity (Wildman–Crippen MR) is 86.1 cm³/mol. The summed E-state index contributed by atoms with van der Waals surface area (Å²) in [4.78, 5) is 0.277. The van der Waals surface area contributed by atoms with E-state index in [-0.39, 0.29) is 4.90 Å². The van der Waals surface area contributed by atoms with Gasteiger partial charge in [-0.3, -0.25) is 0 Å². The second kappa shape index (κ2) is 7.09. The van der Waals surface area contributed by atoms with Crippen LogP contribution in [0.4, 0.5) is 0 Å². The third-order valence-electron chi connectivity index (χ3n) is 3.69. The van der Waals surface area contributed by atoms with Gasteiger partial charge in [-0.05, 0) is 44.5 Å². The van der Waals surface area contributed by atoms with Crippen molar-refractivity contribution in [1.82, 2.24) is 9.62 Å². The highest BCUT2D eigenvalue weighted by Gasteiger charge is 2.30. The van der Waals surface area contributed by atoms with E-state index in [0.717, 1.165) is 19.4 Å². The van der Waals surface area contributed by atoms with Crippen LogP contribution < -0.4 is 10.1 Å². The summed E-state index contributed by atoms with van der Waals surface area (Å²) < 4.78 is 33.0. The van der Waals surface area contributed by atoms with Gasteiger partial charge in [0, 0.05) is 23.6 Å². The van der Waals surface area contributed by atoms with E-state index in [1.807, 2.05) is 7.05 Å². The maximum absolute atomic E-state index is 12.8. The Labute approximate surface area is 134 Å². The second-order valence-electron chi connectivity index (χ2n) is 5.26. The van der Waals surface area contributed by atoms with Gasteiger partial charge >= 0.3 is 0 Å². The quantitative estimate of drug-likeness (QED) is 0.854. The van der Waals surface area contributed by atoms with Gasteiger partial charge in [0.1, 0.15) is 5.75 Å². The SMILES string of the molecule is CNCC1CCCN(S(=O)(=O)c2cc(Br)cc(OC)c2)C1. The minimum Gasteiger partial charge on any atom is -0.497 e. The van der Waals surface area contributed by atoms with Crippen LogP contribution in [0.5, 0.6) is 5.75 Å². The molecule has 7 heteroatoms. The minimum atomic E-state index is -3.47. The third-order valence-corrected chi connectivity index (χ3v) is 5.99. The molecule has 0 aromatic heterocycles. The zero-order valence-corrected chi connectivity index (χ0v) is 14.7. The number of sulfonamides is 1. The van der Waals surface area contributed by atoms with E-state index in [4.69, 9.17) is 4.74 Å². The van der Waals surface area contributed by atoms with Gasteiger partial charge in [-0.1, -0.05) is 15.9 Å². The molecule has 1 aliphatic rings. The van der Waals surface area contributed by atoms with Gasteiger partial charge in [0.25, 0.3) is 0 Å². The number of nitrogens with one attached hydrogen (secondary N) is 1. The summed E-state index contributed by atoms with van der Waals surface area (Å²) in [5, 5.41) is 3.13. The number of hydrogen-bond acceptors (Lipinski definition) is 4. The molecule has 2 rings (SSSR count). The Morgan fingerprint density at radius 2 is 2.19 bits per heavy atom. The number of nitrogens with zero attached hydrogens (tertiary/aromatic N) is 1. The van der Waals surface area contributed by atoms with E-state index in [1.165, 1.54) is 7.11 Å². The number of ether oxygens (including phenoxy) is 1. The van der Waals surface area contributed by atoms with E-state index in [9.17, 15) is 8.42 Å². The number of methoxy groups -OCH3 is 1. The van der Waals surface area contributed by atoms with Crippen molar-refractivity contribution >= 4 is 26.0 Å². The van der Waals surface area contributed by atoms with E-state index in [0.29, 0.717) is 29.2 Å². The topological polar surface area (TPSA) is 58.6 Å². The second-order valence-corrected chi connectivity index (χ2v) is 8.11. The molecule has 1 saturated heterocycles. The largest absolute Gasteiger partial charge is 0.497 e. The molecule has 0 bridgehead atoms. The Morgan fingerprint density at radius 3 is 2.86 bits per heavy atom. The summed E-state index contributed by atoms with van der Waals surface area (Å²) in [6, 6.07) is 4.94. The molecular weight excluding hydrogens is 356 g/mol. The van der Waals surface area contributed by atoms with E-state index < -0.39 is 10.0 Å². The fourth-order valence-corrected chi connectivity index (χ4v) is 4.89. The molecule has 1 atom stereocenters. The standard InChI is InChI=1S/C14H21BrN2O3S/c1-16-9-11-4-3-5-17(10-11)21(18,19)14-7-12(15)6-13(8-14)20-2/h6-8,11,16H,3-5,9-10H2,1-2H3. The number of rotatable bonds is 5. The van der Waals surface area contributed by atoms with Gasteiger partial charge in [0.15, 0.2) is 0 Å². The summed E-state index contributed by atoms with van der Waals surface area (Å²) in [5.41, 5.74) is 0. The lowest BCUT2D eigenvalue weighted by molar-refractivity contribution is 0.263. The van der Waals surface area contributed by atoms with Crippen molar-refractivity contribution in [2.45, 2.75) is 17.7 Å². The molecule has 0 saturated carbocycles. The average molecular weight is 377 g/mol. The van der Waals surface area contributed by atoms with Crippen molar-refractivity contribution in [2.24, 2.45) is 5.92 Å². The van der Waals surface area contributed by atoms with Crippen LogP contribution in [0.25, 0.3) is 0 Å². The lowest BCUT2D eigenvalue weighted by Gasteiger charge is -2.32. The zero-order chi connectivity index (χ0) is 15.5. The van der Waals surface area contributed by atoms with Crippen molar-refractivity contribution in [3.05, 3.63) is 22.7 Å². The van der Waals surface area contributed by atoms with Gasteiger partial charge in [0.2, 0.25) is 10.0 Å². The molecule has 0 spiro atoms. The lowest BCUT2D eigenvalue weighted by Crippen LogP contribution is -2.42. The van der Waals surface area contributed by atoms with Crippen molar-refractivity contribution in [3.8, 4) is 5.75 Å². The van der Waals surface area contributed by atoms with Gasteiger partial charge in [-0.25, -0.2) is 8.42 Å². The van der Waals surface area contributed by atoms with Crippen LogP contribution >= 0.6 is 15.9 Å². The van der Waals surface area contributed by atoms with Crippen LogP contribution in [0.15, 0.2) is 27.6 Å². The van der Waals surface area contributed by atoms with E-state index in [1.54, 1.807) is 22.5 Å². The van der Waals surface area contributed by atoms with Gasteiger partial charge in [0.05, 0.1) is 12.0 Å². The van der Waals surface area contributed by atoms with Crippen molar-refractivity contribution in [3.63, 3.8) is 0 Å². The molecule has 1 aromatic carbocycles. The van der Waals surface area contributed by atoms with Crippen molar-refractivity contribution < 1.29 is 13.2 Å². The van der Waals surface area contributed by atoms with Crippen LogP contribution in [-0.2, 0) is 10.0 Å². The molecule has 1 aliphatic heterocycles. The molecule has 0 radical (unpaired) electrons. The predicted octanol–water partition coefficient (Wildman–Crippen LogP) is 2.08. The summed E-state index contributed by atoms with van der Waals surface area (Å²) in [6.45, 7) is 1.99. The maximum atomic E-state index is 12.8. The monoisotopic (exact) mass is 376 g/mol. The Morgan fingerprint density at radius 1 is 1.43 bits per heavy atom. The number of piperidine rings is 1. The van der Waals surface area contributed by atoms with Crippen LogP contribution in [0.3, 0.4) is 0 Å². The number of halogens is 1. The van der Waals surface area contributed by atoms with Crippen LogP contribution in [0.2, 0.25) is 0 Å².